The molecule has 0 unspecified atom stereocenters. The average molecular weight is 188 g/mol. The highest BCUT2D eigenvalue weighted by Gasteiger charge is 2.18. The number of aryl methyl sites for hydroxylation is 1. The summed E-state index contributed by atoms with van der Waals surface area (Å²) in [7, 11) is 0. The first-order valence-corrected chi connectivity index (χ1v) is 4.01. The number of halogens is 2. The second-order valence-electron chi connectivity index (χ2n) is 2.27. The van der Waals surface area contributed by atoms with E-state index in [0.29, 0.717) is 5.56 Å². The maximum Gasteiger partial charge on any atom is 0.318 e. The van der Waals surface area contributed by atoms with Crippen molar-refractivity contribution in [3.05, 3.63) is 23.7 Å². The molecule has 0 aliphatic carbocycles. The molecular formula is C9H10F2O2. The normalized spacial score (nSPS) is 9.92. The summed E-state index contributed by atoms with van der Waals surface area (Å²) in [6, 6.07) is -1.22. The molecule has 0 radical (unpaired) electrons. The van der Waals surface area contributed by atoms with Gasteiger partial charge in [0, 0.05) is 5.56 Å². The average Bonchev–Trinajstić information content (AvgIpc) is 2.62. The van der Waals surface area contributed by atoms with Gasteiger partial charge in [-0.3, -0.25) is 0 Å². The smallest absolute Gasteiger partial charge is 0.318 e. The van der Waals surface area contributed by atoms with E-state index in [-0.39, 0.29) is 11.2 Å². The van der Waals surface area contributed by atoms with Crippen LogP contribution in [0.3, 0.4) is 0 Å². The van der Waals surface area contributed by atoms with E-state index in [1.165, 1.54) is 6.26 Å². The Morgan fingerprint density at radius 3 is 2.31 bits per heavy atom. The van der Waals surface area contributed by atoms with E-state index in [1.54, 1.807) is 6.92 Å². The summed E-state index contributed by atoms with van der Waals surface area (Å²) in [5.41, 5.74) is 0.572. The van der Waals surface area contributed by atoms with Gasteiger partial charge in [-0.15, -0.1) is 0 Å². The molecule has 0 aliphatic heterocycles. The first-order chi connectivity index (χ1) is 6.20. The summed E-state index contributed by atoms with van der Waals surface area (Å²) >= 11 is 0. The van der Waals surface area contributed by atoms with Gasteiger partial charge < -0.3 is 8.83 Å². The maximum absolute atomic E-state index is 12.6. The van der Waals surface area contributed by atoms with Crippen LogP contribution in [0, 0.1) is 18.8 Å². The van der Waals surface area contributed by atoms with Crippen molar-refractivity contribution in [3.63, 3.8) is 0 Å². The Hall–Kier alpha value is -1.32. The maximum atomic E-state index is 12.6. The molecule has 2 aromatic heterocycles. The minimum Gasteiger partial charge on any atom is -0.457 e. The van der Waals surface area contributed by atoms with Crippen molar-refractivity contribution >= 4 is 11.2 Å². The molecular weight excluding hydrogens is 178 g/mol. The second-order valence-corrected chi connectivity index (χ2v) is 2.27. The van der Waals surface area contributed by atoms with Crippen LogP contribution in [0.5, 0.6) is 0 Å². The van der Waals surface area contributed by atoms with Gasteiger partial charge in [-0.1, -0.05) is 13.8 Å². The van der Waals surface area contributed by atoms with Gasteiger partial charge >= 0.3 is 6.01 Å². The van der Waals surface area contributed by atoms with Gasteiger partial charge in [0.2, 0.25) is 11.4 Å². The summed E-state index contributed by atoms with van der Waals surface area (Å²) in [5, 5.41) is 0. The Bertz CT molecular complexity index is 401. The largest absolute Gasteiger partial charge is 0.457 e. The zero-order chi connectivity index (χ0) is 10.0. The van der Waals surface area contributed by atoms with Crippen LogP contribution in [0.1, 0.15) is 19.4 Å². The fourth-order valence-electron chi connectivity index (χ4n) is 0.935. The van der Waals surface area contributed by atoms with E-state index < -0.39 is 11.8 Å². The zero-order valence-corrected chi connectivity index (χ0v) is 7.65. The van der Waals surface area contributed by atoms with Crippen LogP contribution >= 0.6 is 0 Å². The Labute approximate surface area is 74.1 Å². The van der Waals surface area contributed by atoms with Crippen LogP contribution in [0.15, 0.2) is 15.1 Å². The molecule has 72 valence electrons. The summed E-state index contributed by atoms with van der Waals surface area (Å²) in [6.07, 6.45) is 1.32. The Morgan fingerprint density at radius 1 is 1.15 bits per heavy atom. The predicted molar refractivity (Wildman–Crippen MR) is 44.5 cm³/mol. The molecule has 0 aromatic carbocycles. The van der Waals surface area contributed by atoms with E-state index in [9.17, 15) is 8.78 Å². The SMILES string of the molecule is CC.Cc1coc2c(F)c(F)oc12. The fourth-order valence-corrected chi connectivity index (χ4v) is 0.935. The Morgan fingerprint density at radius 2 is 1.77 bits per heavy atom. The van der Waals surface area contributed by atoms with Crippen molar-refractivity contribution < 1.29 is 17.6 Å². The molecule has 0 aliphatic rings. The number of hydrogen-bond donors (Lipinski definition) is 0. The zero-order valence-electron chi connectivity index (χ0n) is 7.65. The first-order valence-electron chi connectivity index (χ1n) is 4.01. The van der Waals surface area contributed by atoms with Crippen LogP contribution in [0.25, 0.3) is 11.2 Å². The van der Waals surface area contributed by atoms with E-state index in [4.69, 9.17) is 4.42 Å². The second kappa shape index (κ2) is 3.60. The number of furan rings is 2. The third kappa shape index (κ3) is 1.43. The van der Waals surface area contributed by atoms with Gasteiger partial charge in [-0.25, -0.2) is 0 Å². The van der Waals surface area contributed by atoms with E-state index >= 15 is 0 Å². The lowest BCUT2D eigenvalue weighted by Crippen LogP contribution is -1.69. The highest BCUT2D eigenvalue weighted by atomic mass is 19.2. The molecule has 0 fully saturated rings. The lowest BCUT2D eigenvalue weighted by atomic mass is 10.3. The third-order valence-corrected chi connectivity index (χ3v) is 1.48. The molecule has 0 spiro atoms. The van der Waals surface area contributed by atoms with Crippen LogP contribution < -0.4 is 0 Å². The summed E-state index contributed by atoms with van der Waals surface area (Å²) in [5.74, 6) is -1.06. The standard InChI is InChI=1S/C7H4F2O2.C2H6/c1-3-2-10-6-4(8)7(9)11-5(3)6;1-2/h2H,1H3;1-2H3. The van der Waals surface area contributed by atoms with E-state index in [2.05, 4.69) is 4.42 Å². The molecule has 2 aromatic rings. The van der Waals surface area contributed by atoms with Crippen molar-refractivity contribution in [1.29, 1.82) is 0 Å². The van der Waals surface area contributed by atoms with Gasteiger partial charge in [-0.05, 0) is 6.92 Å². The summed E-state index contributed by atoms with van der Waals surface area (Å²) in [4.78, 5) is 0. The minimum atomic E-state index is -1.22. The predicted octanol–water partition coefficient (Wildman–Crippen LogP) is 3.64. The molecule has 0 bridgehead atoms. The molecule has 2 rings (SSSR count). The third-order valence-electron chi connectivity index (χ3n) is 1.48. The highest BCUT2D eigenvalue weighted by molar-refractivity contribution is 5.74. The minimum absolute atomic E-state index is 0.139. The quantitative estimate of drug-likeness (QED) is 0.630. The molecule has 2 heterocycles. The van der Waals surface area contributed by atoms with Crippen molar-refractivity contribution in [3.8, 4) is 0 Å². The van der Waals surface area contributed by atoms with Crippen molar-refractivity contribution in [2.24, 2.45) is 0 Å². The fraction of sp³-hybridized carbons (Fsp3) is 0.333. The van der Waals surface area contributed by atoms with Crippen LogP contribution in [-0.4, -0.2) is 0 Å². The van der Waals surface area contributed by atoms with Crippen molar-refractivity contribution in [2.45, 2.75) is 20.8 Å². The Kier molecular flexibility index (Phi) is 2.70. The molecule has 2 nitrogen and oxygen atoms in total. The number of fused-ring (bicyclic) bond motifs is 1. The summed E-state index contributed by atoms with van der Waals surface area (Å²) < 4.78 is 34.1. The van der Waals surface area contributed by atoms with Crippen molar-refractivity contribution in [1.82, 2.24) is 0 Å². The van der Waals surface area contributed by atoms with Crippen LogP contribution in [0.2, 0.25) is 0 Å². The monoisotopic (exact) mass is 188 g/mol. The molecule has 0 saturated carbocycles. The number of rotatable bonds is 0. The van der Waals surface area contributed by atoms with Gasteiger partial charge in [0.25, 0.3) is 0 Å². The lowest BCUT2D eigenvalue weighted by Gasteiger charge is -1.76. The lowest BCUT2D eigenvalue weighted by molar-refractivity contribution is 0.340. The van der Waals surface area contributed by atoms with Gasteiger partial charge in [0.1, 0.15) is 0 Å². The van der Waals surface area contributed by atoms with E-state index in [1.807, 2.05) is 13.8 Å². The van der Waals surface area contributed by atoms with Crippen LogP contribution in [0.4, 0.5) is 8.78 Å². The van der Waals surface area contributed by atoms with Crippen LogP contribution in [-0.2, 0) is 0 Å². The van der Waals surface area contributed by atoms with Crippen molar-refractivity contribution in [2.75, 3.05) is 0 Å². The molecule has 13 heavy (non-hydrogen) atoms. The topological polar surface area (TPSA) is 26.3 Å². The highest BCUT2D eigenvalue weighted by Crippen LogP contribution is 2.26. The summed E-state index contributed by atoms with van der Waals surface area (Å²) in [6.45, 7) is 5.65. The number of hydrogen-bond acceptors (Lipinski definition) is 2. The molecule has 0 N–H and O–H groups in total. The Balaban J connectivity index is 0.000000396. The van der Waals surface area contributed by atoms with Gasteiger partial charge in [0.15, 0.2) is 5.58 Å². The molecule has 0 saturated heterocycles. The van der Waals surface area contributed by atoms with Gasteiger partial charge in [0.05, 0.1) is 6.26 Å². The van der Waals surface area contributed by atoms with E-state index in [0.717, 1.165) is 0 Å². The first kappa shape index (κ1) is 9.77. The molecule has 0 atom stereocenters. The van der Waals surface area contributed by atoms with Gasteiger partial charge in [-0.2, -0.15) is 8.78 Å². The molecule has 0 amide bonds. The molecule has 4 heteroatoms.